The number of carbonyl (C=O) groups is 1. The maximum atomic E-state index is 12.7. The molecule has 0 spiro atoms. The molecule has 8 heteroatoms. The van der Waals surface area contributed by atoms with Crippen molar-refractivity contribution < 1.29 is 4.79 Å². The first-order valence-corrected chi connectivity index (χ1v) is 7.80. The third kappa shape index (κ3) is 3.46. The fraction of sp³-hybridized carbons (Fsp3) is 0.214. The summed E-state index contributed by atoms with van der Waals surface area (Å²) in [5, 5.41) is -0.133. The van der Waals surface area contributed by atoms with Crippen LogP contribution in [0.3, 0.4) is 0 Å². The molecular formula is C14H11Cl4N3O. The van der Waals surface area contributed by atoms with E-state index in [1.165, 1.54) is 4.57 Å². The van der Waals surface area contributed by atoms with Crippen LogP contribution < -0.4 is 5.49 Å². The molecule has 0 aromatic carbocycles. The SMILES string of the molecule is CC(C)N=c1ccccn1C(=O)c1nc(Cl)c(Cl)c(Cl)c1Cl. The Bertz CT molecular complexity index is 799. The first-order valence-electron chi connectivity index (χ1n) is 6.29. The molecule has 2 aromatic heterocycles. The van der Waals surface area contributed by atoms with Crippen molar-refractivity contribution in [3.63, 3.8) is 0 Å². The third-order valence-corrected chi connectivity index (χ3v) is 4.31. The van der Waals surface area contributed by atoms with Gasteiger partial charge in [0.05, 0.1) is 15.1 Å². The molecule has 0 aliphatic rings. The van der Waals surface area contributed by atoms with Crippen molar-refractivity contribution in [2.45, 2.75) is 19.9 Å². The van der Waals surface area contributed by atoms with Gasteiger partial charge in [-0.3, -0.25) is 14.4 Å². The quantitative estimate of drug-likeness (QED) is 0.722. The number of nitrogens with zero attached hydrogens (tertiary/aromatic N) is 3. The topological polar surface area (TPSA) is 47.2 Å². The number of rotatable bonds is 2. The second-order valence-corrected chi connectivity index (χ2v) is 6.14. The van der Waals surface area contributed by atoms with Crippen LogP contribution >= 0.6 is 46.4 Å². The number of halogens is 4. The standard InChI is InChI=1S/C14H11Cl4N3O/c1-7(2)19-8-5-3-4-6-21(8)14(22)12-10(16)9(15)11(17)13(18)20-12/h3-7H,1-2H3. The molecular weight excluding hydrogens is 368 g/mol. The maximum absolute atomic E-state index is 12.7. The minimum Gasteiger partial charge on any atom is -0.266 e. The maximum Gasteiger partial charge on any atom is 0.283 e. The lowest BCUT2D eigenvalue weighted by atomic mass is 10.3. The Morgan fingerprint density at radius 2 is 1.82 bits per heavy atom. The van der Waals surface area contributed by atoms with Gasteiger partial charge in [-0.15, -0.1) is 0 Å². The van der Waals surface area contributed by atoms with E-state index >= 15 is 0 Å². The van der Waals surface area contributed by atoms with Gasteiger partial charge in [0.2, 0.25) is 0 Å². The highest BCUT2D eigenvalue weighted by molar-refractivity contribution is 6.52. The molecule has 2 rings (SSSR count). The molecule has 0 radical (unpaired) electrons. The Balaban J connectivity index is 2.65. The number of carbonyl (C=O) groups excluding carboxylic acids is 1. The molecule has 0 atom stereocenters. The van der Waals surface area contributed by atoms with Crippen LogP contribution in [0.4, 0.5) is 0 Å². The molecule has 0 saturated heterocycles. The van der Waals surface area contributed by atoms with E-state index in [-0.39, 0.29) is 32.0 Å². The zero-order chi connectivity index (χ0) is 16.4. The fourth-order valence-electron chi connectivity index (χ4n) is 1.72. The van der Waals surface area contributed by atoms with Gasteiger partial charge in [-0.2, -0.15) is 0 Å². The number of hydrogen-bond acceptors (Lipinski definition) is 3. The van der Waals surface area contributed by atoms with Crippen LogP contribution in [0.15, 0.2) is 29.4 Å². The van der Waals surface area contributed by atoms with Crippen molar-refractivity contribution in [2.75, 3.05) is 0 Å². The lowest BCUT2D eigenvalue weighted by molar-refractivity contribution is 0.0950. The number of aromatic nitrogens is 2. The zero-order valence-electron chi connectivity index (χ0n) is 11.6. The predicted octanol–water partition coefficient (Wildman–Crippen LogP) is 4.49. The van der Waals surface area contributed by atoms with Gasteiger partial charge in [-0.05, 0) is 26.0 Å². The van der Waals surface area contributed by atoms with Gasteiger partial charge in [0.15, 0.2) is 5.69 Å². The first-order chi connectivity index (χ1) is 10.3. The van der Waals surface area contributed by atoms with Crippen molar-refractivity contribution in [1.29, 1.82) is 0 Å². The van der Waals surface area contributed by atoms with Gasteiger partial charge in [-0.25, -0.2) is 4.98 Å². The van der Waals surface area contributed by atoms with Crippen LogP contribution in [0.25, 0.3) is 0 Å². The summed E-state index contributed by atoms with van der Waals surface area (Å²) in [4.78, 5) is 21.0. The van der Waals surface area contributed by atoms with E-state index in [0.717, 1.165) is 0 Å². The smallest absolute Gasteiger partial charge is 0.266 e. The third-order valence-electron chi connectivity index (χ3n) is 2.63. The highest BCUT2D eigenvalue weighted by Gasteiger charge is 2.21. The largest absolute Gasteiger partial charge is 0.283 e. The van der Waals surface area contributed by atoms with E-state index in [4.69, 9.17) is 46.4 Å². The average molecular weight is 379 g/mol. The van der Waals surface area contributed by atoms with E-state index in [1.54, 1.807) is 24.4 Å². The molecule has 116 valence electrons. The summed E-state index contributed by atoms with van der Waals surface area (Å²) in [6.07, 6.45) is 1.57. The van der Waals surface area contributed by atoms with E-state index < -0.39 is 5.91 Å². The average Bonchev–Trinajstić information content (AvgIpc) is 2.48. The lowest BCUT2D eigenvalue weighted by Crippen LogP contribution is -2.29. The molecule has 0 unspecified atom stereocenters. The molecule has 0 N–H and O–H groups in total. The van der Waals surface area contributed by atoms with E-state index in [1.807, 2.05) is 13.8 Å². The van der Waals surface area contributed by atoms with Gasteiger partial charge in [-0.1, -0.05) is 52.5 Å². The van der Waals surface area contributed by atoms with Crippen LogP contribution in [-0.4, -0.2) is 21.5 Å². The zero-order valence-corrected chi connectivity index (χ0v) is 14.7. The minimum atomic E-state index is -0.495. The summed E-state index contributed by atoms with van der Waals surface area (Å²) in [5.41, 5.74) is 0.389. The Morgan fingerprint density at radius 1 is 1.14 bits per heavy atom. The van der Waals surface area contributed by atoms with Crippen LogP contribution in [0.1, 0.15) is 24.3 Å². The molecule has 2 aromatic rings. The van der Waals surface area contributed by atoms with Crippen molar-refractivity contribution >= 4 is 52.3 Å². The first kappa shape index (κ1) is 17.3. The number of pyridine rings is 2. The summed E-state index contributed by atoms with van der Waals surface area (Å²) in [5.74, 6) is -0.495. The summed E-state index contributed by atoms with van der Waals surface area (Å²) in [6, 6.07) is 5.21. The van der Waals surface area contributed by atoms with Crippen molar-refractivity contribution in [3.8, 4) is 0 Å². The van der Waals surface area contributed by atoms with E-state index in [2.05, 4.69) is 9.98 Å². The monoisotopic (exact) mass is 377 g/mol. The van der Waals surface area contributed by atoms with Gasteiger partial charge in [0.25, 0.3) is 5.91 Å². The Kier molecular flexibility index (Phi) is 5.50. The van der Waals surface area contributed by atoms with E-state index in [9.17, 15) is 4.79 Å². The summed E-state index contributed by atoms with van der Waals surface area (Å²) >= 11 is 23.8. The normalized spacial score (nSPS) is 12.0. The highest BCUT2D eigenvalue weighted by atomic mass is 35.5. The lowest BCUT2D eigenvalue weighted by Gasteiger charge is -2.10. The molecule has 0 amide bonds. The molecule has 22 heavy (non-hydrogen) atoms. The van der Waals surface area contributed by atoms with Crippen molar-refractivity contribution in [2.24, 2.45) is 4.99 Å². The summed E-state index contributed by atoms with van der Waals surface area (Å²) in [6.45, 7) is 3.81. The predicted molar refractivity (Wildman–Crippen MR) is 89.1 cm³/mol. The summed E-state index contributed by atoms with van der Waals surface area (Å²) < 4.78 is 1.33. The molecule has 0 aliphatic carbocycles. The van der Waals surface area contributed by atoms with Crippen molar-refractivity contribution in [3.05, 3.63) is 55.8 Å². The fourth-order valence-corrected chi connectivity index (χ4v) is 2.53. The van der Waals surface area contributed by atoms with Gasteiger partial charge in [0, 0.05) is 12.2 Å². The second-order valence-electron chi connectivity index (χ2n) is 4.65. The Morgan fingerprint density at radius 3 is 2.45 bits per heavy atom. The van der Waals surface area contributed by atoms with Gasteiger partial charge in [0.1, 0.15) is 10.6 Å². The van der Waals surface area contributed by atoms with Gasteiger partial charge < -0.3 is 0 Å². The molecule has 0 saturated carbocycles. The molecule has 0 fully saturated rings. The van der Waals surface area contributed by atoms with Crippen LogP contribution in [-0.2, 0) is 0 Å². The van der Waals surface area contributed by atoms with E-state index in [0.29, 0.717) is 5.49 Å². The van der Waals surface area contributed by atoms with Gasteiger partial charge >= 0.3 is 0 Å². The molecule has 0 aliphatic heterocycles. The molecule has 2 heterocycles. The van der Waals surface area contributed by atoms with Crippen molar-refractivity contribution in [1.82, 2.24) is 9.55 Å². The minimum absolute atomic E-state index is 0.00874. The summed E-state index contributed by atoms with van der Waals surface area (Å²) in [7, 11) is 0. The molecule has 4 nitrogen and oxygen atoms in total. The molecule has 0 bridgehead atoms. The van der Waals surface area contributed by atoms with Crippen LogP contribution in [0.2, 0.25) is 20.2 Å². The Labute approximate surface area is 147 Å². The Hall–Kier alpha value is -1.07. The number of hydrogen-bond donors (Lipinski definition) is 0. The van der Waals surface area contributed by atoms with Crippen LogP contribution in [0.5, 0.6) is 0 Å². The highest BCUT2D eigenvalue weighted by Crippen LogP contribution is 2.36. The second kappa shape index (κ2) is 7.01. The van der Waals surface area contributed by atoms with Crippen LogP contribution in [0, 0.1) is 0 Å².